The van der Waals surface area contributed by atoms with Crippen LogP contribution in [0.3, 0.4) is 0 Å². The number of aromatic nitrogens is 3. The summed E-state index contributed by atoms with van der Waals surface area (Å²) in [6, 6.07) is 7.91. The molecule has 0 atom stereocenters. The molecule has 0 bridgehead atoms. The number of pyridine rings is 1. The Morgan fingerprint density at radius 2 is 2.10 bits per heavy atom. The monoisotopic (exact) mass is 298 g/mol. The molecule has 3 aromatic rings. The molecule has 1 fully saturated rings. The highest BCUT2D eigenvalue weighted by Crippen LogP contribution is 2.27. The molecule has 1 aliphatic rings. The van der Waals surface area contributed by atoms with Gasteiger partial charge in [-0.2, -0.15) is 4.98 Å². The lowest BCUT2D eigenvalue weighted by Gasteiger charge is -2.16. The Labute approximate surface area is 126 Å². The quantitative estimate of drug-likeness (QED) is 0.741. The molecular weight excluding hydrogens is 284 g/mol. The maximum absolute atomic E-state index is 5.34. The topological polar surface area (TPSA) is 55.1 Å². The summed E-state index contributed by atoms with van der Waals surface area (Å²) in [5.41, 5.74) is 0.943. The first-order valence-corrected chi connectivity index (χ1v) is 7.87. The van der Waals surface area contributed by atoms with Crippen molar-refractivity contribution in [1.29, 1.82) is 0 Å². The van der Waals surface area contributed by atoms with Crippen molar-refractivity contribution in [2.75, 3.05) is 18.0 Å². The third-order valence-electron chi connectivity index (χ3n) is 3.59. The molecular formula is C15H14N4OS. The molecule has 0 aromatic carbocycles. The van der Waals surface area contributed by atoms with Crippen LogP contribution in [0.5, 0.6) is 0 Å². The van der Waals surface area contributed by atoms with Crippen LogP contribution < -0.4 is 4.90 Å². The van der Waals surface area contributed by atoms with E-state index in [1.807, 2.05) is 35.8 Å². The van der Waals surface area contributed by atoms with E-state index in [-0.39, 0.29) is 0 Å². The molecule has 0 saturated carbocycles. The average Bonchev–Trinajstić information content (AvgIpc) is 3.26. The zero-order valence-corrected chi connectivity index (χ0v) is 12.2. The minimum atomic E-state index is 0.569. The van der Waals surface area contributed by atoms with Crippen molar-refractivity contribution in [1.82, 2.24) is 15.1 Å². The van der Waals surface area contributed by atoms with Crippen molar-refractivity contribution in [3.8, 4) is 22.2 Å². The molecule has 0 spiro atoms. The van der Waals surface area contributed by atoms with Gasteiger partial charge in [0.05, 0.1) is 4.88 Å². The highest BCUT2D eigenvalue weighted by Gasteiger charge is 2.16. The van der Waals surface area contributed by atoms with Crippen molar-refractivity contribution < 1.29 is 4.52 Å². The van der Waals surface area contributed by atoms with Crippen LogP contribution in [0.25, 0.3) is 22.2 Å². The first-order chi connectivity index (χ1) is 10.4. The molecule has 1 aliphatic heterocycles. The number of nitrogens with zero attached hydrogens (tertiary/aromatic N) is 4. The molecule has 0 aliphatic carbocycles. The van der Waals surface area contributed by atoms with Crippen LogP contribution in [0, 0.1) is 0 Å². The lowest BCUT2D eigenvalue weighted by Crippen LogP contribution is -2.18. The summed E-state index contributed by atoms with van der Waals surface area (Å²) in [5, 5.41) is 6.08. The van der Waals surface area contributed by atoms with E-state index < -0.39 is 0 Å². The van der Waals surface area contributed by atoms with Crippen LogP contribution in [0.2, 0.25) is 0 Å². The van der Waals surface area contributed by atoms with Gasteiger partial charge in [-0.15, -0.1) is 11.3 Å². The first-order valence-electron chi connectivity index (χ1n) is 6.99. The lowest BCUT2D eigenvalue weighted by molar-refractivity contribution is 0.433. The van der Waals surface area contributed by atoms with Gasteiger partial charge in [0, 0.05) is 24.8 Å². The Kier molecular flexibility index (Phi) is 3.16. The second-order valence-electron chi connectivity index (χ2n) is 5.00. The van der Waals surface area contributed by atoms with Gasteiger partial charge in [0.1, 0.15) is 5.82 Å². The molecule has 0 radical (unpaired) electrons. The maximum Gasteiger partial charge on any atom is 0.268 e. The van der Waals surface area contributed by atoms with Crippen LogP contribution in [-0.4, -0.2) is 28.2 Å². The highest BCUT2D eigenvalue weighted by atomic mass is 32.1. The zero-order chi connectivity index (χ0) is 14.1. The van der Waals surface area contributed by atoms with Gasteiger partial charge in [-0.3, -0.25) is 0 Å². The van der Waals surface area contributed by atoms with E-state index in [1.54, 1.807) is 11.3 Å². The number of rotatable bonds is 3. The second-order valence-corrected chi connectivity index (χ2v) is 5.95. The largest absolute Gasteiger partial charge is 0.357 e. The molecule has 0 unspecified atom stereocenters. The lowest BCUT2D eigenvalue weighted by atomic mass is 10.2. The van der Waals surface area contributed by atoms with Crippen molar-refractivity contribution in [2.45, 2.75) is 12.8 Å². The van der Waals surface area contributed by atoms with E-state index in [0.717, 1.165) is 29.3 Å². The van der Waals surface area contributed by atoms with E-state index in [9.17, 15) is 0 Å². The maximum atomic E-state index is 5.34. The number of anilines is 1. The Morgan fingerprint density at radius 1 is 1.19 bits per heavy atom. The van der Waals surface area contributed by atoms with Crippen LogP contribution in [0.1, 0.15) is 12.8 Å². The summed E-state index contributed by atoms with van der Waals surface area (Å²) in [4.78, 5) is 12.2. The SMILES string of the molecule is c1csc(-c2nc(-c3ccnc(N4CCCC4)c3)no2)c1. The number of hydrogen-bond donors (Lipinski definition) is 0. The van der Waals surface area contributed by atoms with E-state index in [0.29, 0.717) is 11.7 Å². The van der Waals surface area contributed by atoms with Gasteiger partial charge in [-0.1, -0.05) is 11.2 Å². The van der Waals surface area contributed by atoms with Crippen LogP contribution in [-0.2, 0) is 0 Å². The number of thiophene rings is 1. The molecule has 4 heterocycles. The fraction of sp³-hybridized carbons (Fsp3) is 0.267. The zero-order valence-electron chi connectivity index (χ0n) is 11.4. The Morgan fingerprint density at radius 3 is 2.90 bits per heavy atom. The second kappa shape index (κ2) is 5.29. The smallest absolute Gasteiger partial charge is 0.268 e. The summed E-state index contributed by atoms with van der Waals surface area (Å²) in [6.45, 7) is 2.15. The van der Waals surface area contributed by atoms with Gasteiger partial charge < -0.3 is 9.42 Å². The average molecular weight is 298 g/mol. The minimum absolute atomic E-state index is 0.569. The van der Waals surface area contributed by atoms with Gasteiger partial charge >= 0.3 is 0 Å². The van der Waals surface area contributed by atoms with Gasteiger partial charge in [-0.05, 0) is 36.4 Å². The molecule has 3 aromatic heterocycles. The molecule has 21 heavy (non-hydrogen) atoms. The van der Waals surface area contributed by atoms with Crippen LogP contribution in [0.15, 0.2) is 40.4 Å². The third-order valence-corrected chi connectivity index (χ3v) is 4.45. The van der Waals surface area contributed by atoms with Gasteiger partial charge in [0.2, 0.25) is 5.82 Å². The summed E-state index contributed by atoms with van der Waals surface area (Å²) < 4.78 is 5.34. The standard InChI is InChI=1S/C15H14N4OS/c1-2-8-19(7-1)13-10-11(5-6-16-13)14-17-15(20-18-14)12-4-3-9-21-12/h3-6,9-10H,1-2,7-8H2. The molecule has 6 heteroatoms. The fourth-order valence-electron chi connectivity index (χ4n) is 2.52. The van der Waals surface area contributed by atoms with Crippen LogP contribution >= 0.6 is 11.3 Å². The summed E-state index contributed by atoms with van der Waals surface area (Å²) in [6.07, 6.45) is 4.28. The normalized spacial score (nSPS) is 14.8. The molecule has 5 nitrogen and oxygen atoms in total. The van der Waals surface area contributed by atoms with Crippen molar-refractivity contribution in [2.24, 2.45) is 0 Å². The van der Waals surface area contributed by atoms with Crippen molar-refractivity contribution in [3.63, 3.8) is 0 Å². The summed E-state index contributed by atoms with van der Waals surface area (Å²) in [7, 11) is 0. The molecule has 4 rings (SSSR count). The van der Waals surface area contributed by atoms with Crippen molar-refractivity contribution >= 4 is 17.2 Å². The molecule has 0 N–H and O–H groups in total. The molecule has 1 saturated heterocycles. The Bertz CT molecular complexity index is 732. The van der Waals surface area contributed by atoms with Gasteiger partial charge in [0.25, 0.3) is 5.89 Å². The van der Waals surface area contributed by atoms with E-state index in [2.05, 4.69) is 20.0 Å². The Balaban J connectivity index is 1.65. The third kappa shape index (κ3) is 2.42. The predicted molar refractivity (Wildman–Crippen MR) is 82.3 cm³/mol. The van der Waals surface area contributed by atoms with Gasteiger partial charge in [-0.25, -0.2) is 4.98 Å². The molecule has 106 valence electrons. The first kappa shape index (κ1) is 12.5. The van der Waals surface area contributed by atoms with Crippen molar-refractivity contribution in [3.05, 3.63) is 35.8 Å². The summed E-state index contributed by atoms with van der Waals surface area (Å²) in [5.74, 6) is 2.17. The predicted octanol–water partition coefficient (Wildman–Crippen LogP) is 3.46. The Hall–Kier alpha value is -2.21. The summed E-state index contributed by atoms with van der Waals surface area (Å²) >= 11 is 1.59. The minimum Gasteiger partial charge on any atom is -0.357 e. The van der Waals surface area contributed by atoms with Gasteiger partial charge in [0.15, 0.2) is 0 Å². The number of hydrogen-bond acceptors (Lipinski definition) is 6. The van der Waals surface area contributed by atoms with E-state index >= 15 is 0 Å². The van der Waals surface area contributed by atoms with Crippen LogP contribution in [0.4, 0.5) is 5.82 Å². The van der Waals surface area contributed by atoms with E-state index in [4.69, 9.17) is 4.52 Å². The van der Waals surface area contributed by atoms with E-state index in [1.165, 1.54) is 12.8 Å². The molecule has 0 amide bonds. The highest BCUT2D eigenvalue weighted by molar-refractivity contribution is 7.13. The fourth-order valence-corrected chi connectivity index (χ4v) is 3.16.